The molecule has 2 aromatic rings. The Bertz CT molecular complexity index is 401. The van der Waals surface area contributed by atoms with Crippen LogP contribution in [0.25, 0.3) is 11.0 Å². The molecule has 0 bridgehead atoms. The molecule has 1 aromatic carbocycles. The van der Waals surface area contributed by atoms with Crippen molar-refractivity contribution < 1.29 is 32.6 Å². The Kier molecular flexibility index (Phi) is 2.37. The van der Waals surface area contributed by atoms with Gasteiger partial charge in [0.2, 0.25) is 0 Å². The van der Waals surface area contributed by atoms with E-state index in [1.54, 1.807) is 0 Å². The monoisotopic (exact) mass is 258 g/mol. The van der Waals surface area contributed by atoms with Crippen LogP contribution < -0.4 is 0 Å². The molecule has 0 saturated carbocycles. The van der Waals surface area contributed by atoms with Crippen LogP contribution in [0.3, 0.4) is 0 Å². The van der Waals surface area contributed by atoms with Gasteiger partial charge < -0.3 is 10.2 Å². The fourth-order valence-electron chi connectivity index (χ4n) is 0.918. The van der Waals surface area contributed by atoms with E-state index in [-0.39, 0.29) is 33.9 Å². The number of aromatic hydroxyl groups is 2. The molecule has 66 valence electrons. The average molecular weight is 259 g/mol. The second-order valence-corrected chi connectivity index (χ2v) is 2.16. The van der Waals surface area contributed by atoms with Crippen molar-refractivity contribution in [2.45, 2.75) is 0 Å². The van der Waals surface area contributed by atoms with Crippen molar-refractivity contribution in [1.82, 2.24) is 15.4 Å². The molecule has 3 N–H and O–H groups in total. The predicted octanol–water partition coefficient (Wildman–Crippen LogP) is 0.367. The topological polar surface area (TPSA) is 82.0 Å². The molecule has 1 heterocycles. The van der Waals surface area contributed by atoms with E-state index >= 15 is 0 Å². The third-order valence-electron chi connectivity index (χ3n) is 1.39. The SMILES string of the molecule is Oc1cc(O)c2n[nH]nc2c1.[Ag+]. The second kappa shape index (κ2) is 3.14. The van der Waals surface area contributed by atoms with Crippen LogP contribution in [0.15, 0.2) is 12.1 Å². The van der Waals surface area contributed by atoms with Crippen molar-refractivity contribution in [2.75, 3.05) is 0 Å². The number of phenols is 2. The number of phenolic OH excluding ortho intramolecular Hbond substituents is 2. The summed E-state index contributed by atoms with van der Waals surface area (Å²) in [7, 11) is 0. The molecular weight excluding hydrogens is 254 g/mol. The molecule has 6 heteroatoms. The largest absolute Gasteiger partial charge is 1.00 e. The van der Waals surface area contributed by atoms with Crippen molar-refractivity contribution in [1.29, 1.82) is 0 Å². The van der Waals surface area contributed by atoms with Crippen LogP contribution in [0.5, 0.6) is 11.5 Å². The number of H-pyrrole nitrogens is 1. The third-order valence-corrected chi connectivity index (χ3v) is 1.39. The van der Waals surface area contributed by atoms with Crippen molar-refractivity contribution in [3.8, 4) is 11.5 Å². The van der Waals surface area contributed by atoms with E-state index in [1.165, 1.54) is 12.1 Å². The van der Waals surface area contributed by atoms with Gasteiger partial charge in [-0.05, 0) is 0 Å². The maximum Gasteiger partial charge on any atom is 1.00 e. The average Bonchev–Trinajstić information content (AvgIpc) is 2.34. The van der Waals surface area contributed by atoms with Gasteiger partial charge in [-0.25, -0.2) is 0 Å². The molecule has 0 fully saturated rings. The van der Waals surface area contributed by atoms with Gasteiger partial charge in [-0.1, -0.05) is 0 Å². The third kappa shape index (κ3) is 1.29. The smallest absolute Gasteiger partial charge is 0.508 e. The number of benzene rings is 1. The van der Waals surface area contributed by atoms with E-state index < -0.39 is 0 Å². The van der Waals surface area contributed by atoms with E-state index in [0.29, 0.717) is 11.0 Å². The molecule has 0 amide bonds. The second-order valence-electron chi connectivity index (χ2n) is 2.16. The number of fused-ring (bicyclic) bond motifs is 1. The predicted molar refractivity (Wildman–Crippen MR) is 37.2 cm³/mol. The minimum Gasteiger partial charge on any atom is -0.508 e. The summed E-state index contributed by atoms with van der Waals surface area (Å²) in [6.45, 7) is 0. The Morgan fingerprint density at radius 2 is 1.92 bits per heavy atom. The summed E-state index contributed by atoms with van der Waals surface area (Å²) in [4.78, 5) is 0. The Morgan fingerprint density at radius 3 is 2.67 bits per heavy atom. The molecule has 0 aliphatic rings. The van der Waals surface area contributed by atoms with Crippen molar-refractivity contribution in [2.24, 2.45) is 0 Å². The van der Waals surface area contributed by atoms with Crippen LogP contribution in [0.2, 0.25) is 0 Å². The number of nitrogens with one attached hydrogen (secondary N) is 1. The summed E-state index contributed by atoms with van der Waals surface area (Å²) < 4.78 is 0. The van der Waals surface area contributed by atoms with E-state index in [1.807, 2.05) is 0 Å². The van der Waals surface area contributed by atoms with Gasteiger partial charge >= 0.3 is 22.4 Å². The summed E-state index contributed by atoms with van der Waals surface area (Å²) in [6, 6.07) is 2.63. The summed E-state index contributed by atoms with van der Waals surface area (Å²) >= 11 is 0. The molecule has 0 spiro atoms. The van der Waals surface area contributed by atoms with Gasteiger partial charge in [0.05, 0.1) is 0 Å². The molecule has 0 unspecified atom stereocenters. The number of aromatic nitrogens is 3. The fourth-order valence-corrected chi connectivity index (χ4v) is 0.918. The van der Waals surface area contributed by atoms with Crippen molar-refractivity contribution >= 4 is 11.0 Å². The van der Waals surface area contributed by atoms with Gasteiger partial charge in [-0.3, -0.25) is 0 Å². The van der Waals surface area contributed by atoms with Crippen LogP contribution in [0.1, 0.15) is 0 Å². The van der Waals surface area contributed by atoms with Crippen LogP contribution in [-0.4, -0.2) is 25.6 Å². The van der Waals surface area contributed by atoms with Gasteiger partial charge in [0.15, 0.2) is 5.52 Å². The number of rotatable bonds is 0. The molecule has 0 radical (unpaired) electrons. The molecule has 2 rings (SSSR count). The number of aromatic amines is 1. The summed E-state index contributed by atoms with van der Waals surface area (Å²) in [5.74, 6) is -0.0994. The molecule has 0 saturated heterocycles. The molecule has 0 aliphatic carbocycles. The molecular formula is C6H5AgN3O2+. The minimum absolute atomic E-state index is 0. The standard InChI is InChI=1S/C6H5N3O2.Ag/c10-3-1-4-6(5(11)2-3)8-9-7-4;/h1-2,10-11H,(H,7,8,9);/q;+1. The number of hydrogen-bond acceptors (Lipinski definition) is 4. The first kappa shape index (κ1) is 9.05. The fraction of sp³-hybridized carbons (Fsp3) is 0. The van der Waals surface area contributed by atoms with Crippen molar-refractivity contribution in [3.63, 3.8) is 0 Å². The van der Waals surface area contributed by atoms with E-state index in [0.717, 1.165) is 0 Å². The number of hydrogen-bond donors (Lipinski definition) is 3. The van der Waals surface area contributed by atoms with Gasteiger partial charge in [0.25, 0.3) is 0 Å². The first-order valence-electron chi connectivity index (χ1n) is 3.00. The summed E-state index contributed by atoms with van der Waals surface area (Å²) in [5, 5.41) is 27.8. The minimum atomic E-state index is -0.0752. The quantitative estimate of drug-likeness (QED) is 0.597. The Labute approximate surface area is 82.9 Å². The first-order valence-corrected chi connectivity index (χ1v) is 3.00. The Hall–Kier alpha value is -1.04. The normalized spacial score (nSPS) is 9.67. The maximum absolute atomic E-state index is 9.16. The van der Waals surface area contributed by atoms with E-state index in [4.69, 9.17) is 10.2 Å². The molecule has 0 aliphatic heterocycles. The Morgan fingerprint density at radius 1 is 1.17 bits per heavy atom. The van der Waals surface area contributed by atoms with Crippen LogP contribution in [-0.2, 0) is 22.4 Å². The van der Waals surface area contributed by atoms with Gasteiger partial charge in [0.1, 0.15) is 17.0 Å². The van der Waals surface area contributed by atoms with Gasteiger partial charge in [0, 0.05) is 12.1 Å². The van der Waals surface area contributed by atoms with Crippen LogP contribution in [0, 0.1) is 0 Å². The van der Waals surface area contributed by atoms with E-state index in [9.17, 15) is 0 Å². The first-order chi connectivity index (χ1) is 5.27. The molecule has 12 heavy (non-hydrogen) atoms. The van der Waals surface area contributed by atoms with Gasteiger partial charge in [-0.15, -0.1) is 0 Å². The van der Waals surface area contributed by atoms with Crippen LogP contribution >= 0.6 is 0 Å². The summed E-state index contributed by atoms with van der Waals surface area (Å²) in [5.41, 5.74) is 0.810. The Balaban J connectivity index is 0.000000720. The van der Waals surface area contributed by atoms with Crippen molar-refractivity contribution in [3.05, 3.63) is 12.1 Å². The zero-order valence-corrected chi connectivity index (χ0v) is 7.23. The molecule has 5 nitrogen and oxygen atoms in total. The molecule has 0 atom stereocenters. The number of nitrogens with zero attached hydrogens (tertiary/aromatic N) is 2. The zero-order chi connectivity index (χ0) is 7.84. The van der Waals surface area contributed by atoms with E-state index in [2.05, 4.69) is 15.4 Å². The zero-order valence-electron chi connectivity index (χ0n) is 5.75. The van der Waals surface area contributed by atoms with Crippen LogP contribution in [0.4, 0.5) is 0 Å². The summed E-state index contributed by atoms with van der Waals surface area (Å²) in [6.07, 6.45) is 0. The maximum atomic E-state index is 9.16. The molecule has 1 aromatic heterocycles. The van der Waals surface area contributed by atoms with Gasteiger partial charge in [-0.2, -0.15) is 15.4 Å².